The molecule has 0 amide bonds. The van der Waals surface area contributed by atoms with Crippen LogP contribution in [0.15, 0.2) is 177 Å². The van der Waals surface area contributed by atoms with E-state index in [4.69, 9.17) is 0 Å². The van der Waals surface area contributed by atoms with Gasteiger partial charge in [0.1, 0.15) is 25.0 Å². The molecule has 0 aromatic heterocycles. The van der Waals surface area contributed by atoms with Crippen LogP contribution in [-0.4, -0.2) is 102 Å². The standard InChI is InChI=1S/C72H82N4O10S3/c1-69(2)53-21-14-16-23-57(53)73(9)63(69)37-31-49-19-18-20-50(32-38-64-70(3,4)54-22-15-17-24-58(54)74(64)10)68(49)87-44-41-62(78)48-29-27-47(28-30-48)61(77)39-42-75-59-35-33-51(88(81,82)83)45-55(59)71(5,6)65(75)25-12-11-13-26-66-72(7,8)56-46-52(89(84,85)86)34-36-60(56)76(66)43-40-67(79)80/h11-17,21-26,31-38,45-48H,18-20,27-30,39-44H2,1-10H3,(H-2,79,80,81,82,83,84,85,86)/p+2. The number of aliphatic carboxylic acids is 1. The molecular weight excluding hydrogens is 1180 g/mol. The number of carbonyl (C=O) groups is 3. The number of Topliss-reactive ketones (excluding diaryl/α,β-unsaturated/α-hetero) is 2. The summed E-state index contributed by atoms with van der Waals surface area (Å²) in [6, 6.07) is 26.1. The van der Waals surface area contributed by atoms with Gasteiger partial charge < -0.3 is 14.9 Å². The van der Waals surface area contributed by atoms with Crippen molar-refractivity contribution in [3.8, 4) is 0 Å². The second kappa shape index (κ2) is 25.0. The third-order valence-corrected chi connectivity index (χ3v) is 22.6. The number of thioether (sulfide) groups is 1. The summed E-state index contributed by atoms with van der Waals surface area (Å²) in [5.74, 6) is -0.287. The quantitative estimate of drug-likeness (QED) is 0.0430. The van der Waals surface area contributed by atoms with Crippen molar-refractivity contribution in [2.75, 3.05) is 42.7 Å². The predicted octanol–water partition coefficient (Wildman–Crippen LogP) is 14.2. The molecule has 1 saturated carbocycles. The van der Waals surface area contributed by atoms with E-state index in [1.54, 1.807) is 30.0 Å². The Bertz CT molecular complexity index is 4100. The zero-order valence-electron chi connectivity index (χ0n) is 52.8. The van der Waals surface area contributed by atoms with Crippen LogP contribution in [0.5, 0.6) is 0 Å². The number of rotatable bonds is 20. The first-order valence-corrected chi connectivity index (χ1v) is 34.8. The van der Waals surface area contributed by atoms with Crippen molar-refractivity contribution >= 4 is 83.7 Å². The van der Waals surface area contributed by atoms with Crippen molar-refractivity contribution in [2.45, 2.75) is 151 Å². The lowest BCUT2D eigenvalue weighted by atomic mass is 9.77. The first-order valence-electron chi connectivity index (χ1n) is 30.9. The maximum atomic E-state index is 14.3. The second-order valence-corrected chi connectivity index (χ2v) is 30.5. The molecule has 3 N–H and O–H groups in total. The molecule has 4 heterocycles. The molecule has 468 valence electrons. The molecule has 2 aliphatic carbocycles. The van der Waals surface area contributed by atoms with Gasteiger partial charge in [-0.2, -0.15) is 26.0 Å². The van der Waals surface area contributed by atoms with Gasteiger partial charge in [0.05, 0.1) is 20.6 Å². The average Bonchev–Trinajstić information content (AvgIpc) is 1.64. The number of carboxylic acids is 1. The van der Waals surface area contributed by atoms with E-state index >= 15 is 0 Å². The number of likely N-dealkylation sites (N-methyl/N-ethyl adjacent to an activating group) is 1. The highest BCUT2D eigenvalue weighted by Gasteiger charge is 2.47. The van der Waals surface area contributed by atoms with Crippen LogP contribution >= 0.6 is 11.8 Å². The fourth-order valence-electron chi connectivity index (χ4n) is 14.7. The summed E-state index contributed by atoms with van der Waals surface area (Å²) in [4.78, 5) is 45.3. The molecule has 4 aromatic rings. The molecule has 0 saturated heterocycles. The van der Waals surface area contributed by atoms with Gasteiger partial charge in [0.15, 0.2) is 18.0 Å². The fraction of sp³-hybridized carbons (Fsp3) is 0.403. The van der Waals surface area contributed by atoms with E-state index in [-0.39, 0.29) is 63.4 Å². The number of hydrogen-bond donors (Lipinski definition) is 3. The first kappa shape index (κ1) is 64.9. The summed E-state index contributed by atoms with van der Waals surface area (Å²) in [5, 5.41) is 9.60. The first-order chi connectivity index (χ1) is 41.9. The molecule has 0 bridgehead atoms. The Morgan fingerprint density at radius 1 is 0.607 bits per heavy atom. The molecule has 10 rings (SSSR count). The monoisotopic (exact) mass is 1260 g/mol. The van der Waals surface area contributed by atoms with E-state index in [1.807, 2.05) is 61.5 Å². The lowest BCUT2D eigenvalue weighted by Gasteiger charge is -2.29. The number of para-hydroxylation sites is 2. The zero-order valence-corrected chi connectivity index (χ0v) is 55.3. The van der Waals surface area contributed by atoms with E-state index in [1.165, 1.54) is 74.2 Å². The molecule has 0 atom stereocenters. The smallest absolute Gasteiger partial charge is 0.309 e. The molecule has 0 spiro atoms. The zero-order chi connectivity index (χ0) is 64.2. The lowest BCUT2D eigenvalue weighted by molar-refractivity contribution is -0.436. The minimum Gasteiger partial charge on any atom is -0.481 e. The summed E-state index contributed by atoms with van der Waals surface area (Å²) in [6.45, 7) is 17.3. The Labute approximate surface area is 530 Å². The van der Waals surface area contributed by atoms with Crippen molar-refractivity contribution in [1.29, 1.82) is 0 Å². The Kier molecular flexibility index (Phi) is 18.2. The Hall–Kier alpha value is -7.02. The van der Waals surface area contributed by atoms with Crippen molar-refractivity contribution in [3.05, 3.63) is 189 Å². The number of carbonyl (C=O) groups excluding carboxylic acids is 2. The number of fused-ring (bicyclic) bond motifs is 4. The number of hydrogen-bond acceptors (Lipinski definition) is 10. The van der Waals surface area contributed by atoms with E-state index < -0.39 is 37.0 Å². The predicted molar refractivity (Wildman–Crippen MR) is 356 cm³/mol. The van der Waals surface area contributed by atoms with Crippen LogP contribution in [0.1, 0.15) is 142 Å². The molecule has 14 nitrogen and oxygen atoms in total. The van der Waals surface area contributed by atoms with E-state index in [2.05, 4.69) is 124 Å². The minimum absolute atomic E-state index is 0.114. The van der Waals surface area contributed by atoms with E-state index in [0.717, 1.165) is 36.4 Å². The molecule has 0 unspecified atom stereocenters. The summed E-state index contributed by atoms with van der Waals surface area (Å²) in [7, 11) is -4.72. The number of anilines is 2. The Morgan fingerprint density at radius 3 is 1.87 bits per heavy atom. The molecule has 1 fully saturated rings. The topological polar surface area (TPSA) is 193 Å². The molecule has 6 aliphatic rings. The molecule has 4 aromatic carbocycles. The van der Waals surface area contributed by atoms with Gasteiger partial charge in [-0.05, 0) is 143 Å². The lowest BCUT2D eigenvalue weighted by Crippen LogP contribution is -2.31. The van der Waals surface area contributed by atoms with E-state index in [0.29, 0.717) is 61.2 Å². The van der Waals surface area contributed by atoms with Crippen LogP contribution in [-0.2, 0) is 56.3 Å². The van der Waals surface area contributed by atoms with E-state index in [9.17, 15) is 45.4 Å². The third-order valence-electron chi connectivity index (χ3n) is 19.7. The van der Waals surface area contributed by atoms with Crippen LogP contribution in [0.25, 0.3) is 0 Å². The molecular formula is C72H84N4O10S3+2. The second-order valence-electron chi connectivity index (χ2n) is 26.6. The number of benzene rings is 4. The number of ketones is 2. The number of carboxylic acid groups (broad SMARTS) is 1. The summed E-state index contributed by atoms with van der Waals surface area (Å²) in [5.41, 5.74) is 12.5. The highest BCUT2D eigenvalue weighted by molar-refractivity contribution is 8.03. The van der Waals surface area contributed by atoms with Crippen molar-refractivity contribution < 1.29 is 54.6 Å². The summed E-state index contributed by atoms with van der Waals surface area (Å²) in [6.07, 6.45) is 24.5. The van der Waals surface area contributed by atoms with Crippen molar-refractivity contribution in [2.24, 2.45) is 11.8 Å². The molecule has 4 aliphatic heterocycles. The fourth-order valence-corrected chi connectivity index (χ4v) is 16.9. The normalized spacial score (nSPS) is 22.4. The van der Waals surface area contributed by atoms with Gasteiger partial charge in [-0.1, -0.05) is 94.5 Å². The SMILES string of the molecule is CN1C(=CC=C2CCCC(C=CC3=[N+](C)c4ccccc4C3(C)C)=C2SCCC(=O)C2CCC(C(=O)CCN3C(=CC=CC=CC4=[N+](CCC(=O)O)c5ccc(S(=O)(=O)O)cc5C4(C)C)C(C)(C)c4cc(S(=O)(=O)O)ccc43)CC2)C(C)(C)c2ccccc21. The maximum absolute atomic E-state index is 14.3. The van der Waals surface area contributed by atoms with Gasteiger partial charge in [-0.3, -0.25) is 23.5 Å². The summed E-state index contributed by atoms with van der Waals surface area (Å²) >= 11 is 1.80. The van der Waals surface area contributed by atoms with Gasteiger partial charge in [0.25, 0.3) is 20.2 Å². The van der Waals surface area contributed by atoms with Gasteiger partial charge in [0, 0.05) is 118 Å². The number of allylic oxidation sites excluding steroid dienone is 13. The Balaban J connectivity index is 0.819. The van der Waals surface area contributed by atoms with Crippen LogP contribution in [0.2, 0.25) is 0 Å². The van der Waals surface area contributed by atoms with Gasteiger partial charge in [0.2, 0.25) is 11.4 Å². The molecule has 89 heavy (non-hydrogen) atoms. The minimum atomic E-state index is -4.53. The molecule has 17 heteroatoms. The third kappa shape index (κ3) is 12.8. The van der Waals surface area contributed by atoms with Crippen molar-refractivity contribution in [3.63, 3.8) is 0 Å². The van der Waals surface area contributed by atoms with Crippen LogP contribution < -0.4 is 9.80 Å². The summed E-state index contributed by atoms with van der Waals surface area (Å²) < 4.78 is 73.2. The highest BCUT2D eigenvalue weighted by Crippen LogP contribution is 2.51. The van der Waals surface area contributed by atoms with Crippen molar-refractivity contribution in [1.82, 2.24) is 0 Å². The number of nitrogens with zero attached hydrogens (tertiary/aromatic N) is 4. The largest absolute Gasteiger partial charge is 0.481 e. The Morgan fingerprint density at radius 2 is 1.21 bits per heavy atom. The highest BCUT2D eigenvalue weighted by atomic mass is 32.2. The van der Waals surface area contributed by atoms with Crippen LogP contribution in [0.3, 0.4) is 0 Å². The van der Waals surface area contributed by atoms with Gasteiger partial charge >= 0.3 is 5.97 Å². The molecule has 0 radical (unpaired) electrons. The van der Waals surface area contributed by atoms with Crippen LogP contribution in [0.4, 0.5) is 22.7 Å². The van der Waals surface area contributed by atoms with Gasteiger partial charge in [-0.15, -0.1) is 11.8 Å². The van der Waals surface area contributed by atoms with Crippen LogP contribution in [0, 0.1) is 11.8 Å². The average molecular weight is 1260 g/mol. The maximum Gasteiger partial charge on any atom is 0.309 e. The van der Waals surface area contributed by atoms with Gasteiger partial charge in [-0.25, -0.2) is 0 Å².